The molecule has 5 N–H and O–H groups in total. The summed E-state index contributed by atoms with van der Waals surface area (Å²) in [5.74, 6) is 5.46. The van der Waals surface area contributed by atoms with Gasteiger partial charge in [0.05, 0.1) is 23.3 Å². The van der Waals surface area contributed by atoms with Crippen molar-refractivity contribution in [3.8, 4) is 0 Å². The molecule has 0 bridgehead atoms. The molecule has 7 nitrogen and oxygen atoms in total. The first kappa shape index (κ1) is 14.2. The van der Waals surface area contributed by atoms with Gasteiger partial charge in [0.25, 0.3) is 5.69 Å². The Morgan fingerprint density at radius 1 is 1.39 bits per heavy atom. The minimum absolute atomic E-state index is 0.0499. The van der Waals surface area contributed by atoms with E-state index in [0.717, 1.165) is 0 Å². The predicted octanol–water partition coefficient (Wildman–Crippen LogP) is 1.31. The second kappa shape index (κ2) is 6.18. The van der Waals surface area contributed by atoms with Crippen LogP contribution in [0.4, 0.5) is 17.1 Å². The van der Waals surface area contributed by atoms with Gasteiger partial charge in [-0.3, -0.25) is 16.0 Å². The van der Waals surface area contributed by atoms with Gasteiger partial charge in [0.1, 0.15) is 0 Å². The molecule has 1 atom stereocenters. The molecule has 1 aromatic rings. The third kappa shape index (κ3) is 3.57. The molecule has 0 aliphatic rings. The number of nitro groups is 1. The number of hydrogen-bond acceptors (Lipinski definition) is 6. The van der Waals surface area contributed by atoms with E-state index in [1.54, 1.807) is 6.07 Å². The van der Waals surface area contributed by atoms with Crippen LogP contribution in [0.3, 0.4) is 0 Å². The van der Waals surface area contributed by atoms with Crippen LogP contribution in [0.1, 0.15) is 13.8 Å². The zero-order chi connectivity index (χ0) is 13.7. The molecule has 1 unspecified atom stereocenters. The minimum atomic E-state index is -0.491. The number of non-ortho nitro benzene ring substituents is 1. The van der Waals surface area contributed by atoms with E-state index < -0.39 is 4.92 Å². The van der Waals surface area contributed by atoms with Gasteiger partial charge < -0.3 is 15.8 Å². The first-order valence-corrected chi connectivity index (χ1v) is 5.61. The summed E-state index contributed by atoms with van der Waals surface area (Å²) in [5, 5.41) is 23.0. The van der Waals surface area contributed by atoms with Crippen molar-refractivity contribution in [1.29, 1.82) is 0 Å². The summed E-state index contributed by atoms with van der Waals surface area (Å²) in [4.78, 5) is 10.3. The van der Waals surface area contributed by atoms with E-state index in [-0.39, 0.29) is 24.3 Å². The number of anilines is 2. The fourth-order valence-corrected chi connectivity index (χ4v) is 1.52. The van der Waals surface area contributed by atoms with Gasteiger partial charge in [0.2, 0.25) is 0 Å². The average Bonchev–Trinajstić information content (AvgIpc) is 2.34. The molecule has 0 saturated heterocycles. The quantitative estimate of drug-likeness (QED) is 0.346. The Kier molecular flexibility index (Phi) is 4.87. The lowest BCUT2D eigenvalue weighted by Gasteiger charge is -2.21. The largest absolute Gasteiger partial charge is 0.394 e. The molecule has 0 spiro atoms. The number of hydrazine groups is 1. The van der Waals surface area contributed by atoms with Crippen LogP contribution < -0.4 is 16.6 Å². The molecule has 0 amide bonds. The summed E-state index contributed by atoms with van der Waals surface area (Å²) in [7, 11) is 0. The van der Waals surface area contributed by atoms with Crippen LogP contribution in [0.2, 0.25) is 0 Å². The predicted molar refractivity (Wildman–Crippen MR) is 70.2 cm³/mol. The molecular weight excluding hydrogens is 236 g/mol. The number of nitrogen functional groups attached to an aromatic ring is 1. The number of nitrogens with two attached hydrogens (primary N) is 1. The molecule has 1 rings (SSSR count). The van der Waals surface area contributed by atoms with Gasteiger partial charge in [0, 0.05) is 17.8 Å². The average molecular weight is 254 g/mol. The number of nitro benzene ring substituents is 1. The van der Waals surface area contributed by atoms with Gasteiger partial charge in [-0.2, -0.15) is 0 Å². The maximum atomic E-state index is 10.8. The van der Waals surface area contributed by atoms with Crippen molar-refractivity contribution in [2.75, 3.05) is 17.3 Å². The monoisotopic (exact) mass is 254 g/mol. The number of benzene rings is 1. The van der Waals surface area contributed by atoms with Crippen molar-refractivity contribution in [2.45, 2.75) is 19.9 Å². The minimum Gasteiger partial charge on any atom is -0.394 e. The topological polar surface area (TPSA) is 113 Å². The van der Waals surface area contributed by atoms with Gasteiger partial charge in [-0.15, -0.1) is 0 Å². The van der Waals surface area contributed by atoms with E-state index in [2.05, 4.69) is 10.7 Å². The maximum Gasteiger partial charge on any atom is 0.273 e. The number of rotatable bonds is 6. The second-order valence-electron chi connectivity index (χ2n) is 4.35. The van der Waals surface area contributed by atoms with Crippen LogP contribution in [0, 0.1) is 16.0 Å². The van der Waals surface area contributed by atoms with Gasteiger partial charge in [-0.25, -0.2) is 0 Å². The lowest BCUT2D eigenvalue weighted by atomic mass is 10.0. The Morgan fingerprint density at radius 3 is 2.44 bits per heavy atom. The molecular formula is C11H18N4O3. The third-order valence-electron chi connectivity index (χ3n) is 2.65. The molecule has 0 fully saturated rings. The first-order chi connectivity index (χ1) is 8.47. The van der Waals surface area contributed by atoms with Crippen molar-refractivity contribution in [1.82, 2.24) is 0 Å². The molecule has 18 heavy (non-hydrogen) atoms. The zero-order valence-electron chi connectivity index (χ0n) is 10.4. The summed E-state index contributed by atoms with van der Waals surface area (Å²) in [6.07, 6.45) is 0. The molecule has 100 valence electrons. The highest BCUT2D eigenvalue weighted by Crippen LogP contribution is 2.25. The van der Waals surface area contributed by atoms with Gasteiger partial charge >= 0.3 is 0 Å². The normalized spacial score (nSPS) is 12.3. The van der Waals surface area contributed by atoms with Gasteiger partial charge in [0.15, 0.2) is 0 Å². The number of aliphatic hydroxyl groups excluding tert-OH is 1. The summed E-state index contributed by atoms with van der Waals surface area (Å²) in [6, 6.07) is 4.23. The van der Waals surface area contributed by atoms with Crippen LogP contribution in [-0.2, 0) is 0 Å². The van der Waals surface area contributed by atoms with Crippen LogP contribution in [0.5, 0.6) is 0 Å². The van der Waals surface area contributed by atoms with E-state index >= 15 is 0 Å². The summed E-state index contributed by atoms with van der Waals surface area (Å²) in [5.41, 5.74) is 3.30. The lowest BCUT2D eigenvalue weighted by molar-refractivity contribution is -0.384. The van der Waals surface area contributed by atoms with Crippen molar-refractivity contribution < 1.29 is 10.0 Å². The SMILES string of the molecule is CC(C)C(CO)Nc1cc(NN)cc([N+](=O)[O-])c1. The third-order valence-corrected chi connectivity index (χ3v) is 2.65. The fraction of sp³-hybridized carbons (Fsp3) is 0.455. The van der Waals surface area contributed by atoms with Crippen molar-refractivity contribution in [3.63, 3.8) is 0 Å². The van der Waals surface area contributed by atoms with Crippen LogP contribution >= 0.6 is 0 Å². The Labute approximate surface area is 105 Å². The molecule has 0 saturated carbocycles. The molecule has 0 radical (unpaired) electrons. The Balaban J connectivity index is 3.00. The highest BCUT2D eigenvalue weighted by Gasteiger charge is 2.15. The Bertz CT molecular complexity index is 423. The van der Waals surface area contributed by atoms with E-state index in [1.807, 2.05) is 13.8 Å². The van der Waals surface area contributed by atoms with E-state index in [4.69, 9.17) is 5.84 Å². The highest BCUT2D eigenvalue weighted by atomic mass is 16.6. The molecule has 0 aromatic heterocycles. The lowest BCUT2D eigenvalue weighted by Crippen LogP contribution is -2.29. The number of nitrogens with zero attached hydrogens (tertiary/aromatic N) is 1. The molecule has 7 heteroatoms. The second-order valence-corrected chi connectivity index (χ2v) is 4.35. The molecule has 1 aromatic carbocycles. The van der Waals surface area contributed by atoms with Gasteiger partial charge in [-0.1, -0.05) is 13.8 Å². The standard InChI is InChI=1S/C11H18N4O3/c1-7(2)11(6-16)13-8-3-9(14-12)5-10(4-8)15(17)18/h3-5,7,11,13-14,16H,6,12H2,1-2H3. The van der Waals surface area contributed by atoms with Crippen molar-refractivity contribution in [2.24, 2.45) is 11.8 Å². The van der Waals surface area contributed by atoms with E-state index in [0.29, 0.717) is 11.4 Å². The molecule has 0 heterocycles. The summed E-state index contributed by atoms with van der Waals surface area (Å²) < 4.78 is 0. The Morgan fingerprint density at radius 2 is 2.00 bits per heavy atom. The summed E-state index contributed by atoms with van der Waals surface area (Å²) in [6.45, 7) is 3.85. The van der Waals surface area contributed by atoms with E-state index in [9.17, 15) is 15.2 Å². The Hall–Kier alpha value is -1.86. The maximum absolute atomic E-state index is 10.8. The van der Waals surface area contributed by atoms with Crippen molar-refractivity contribution in [3.05, 3.63) is 28.3 Å². The van der Waals surface area contributed by atoms with E-state index in [1.165, 1.54) is 12.1 Å². The smallest absolute Gasteiger partial charge is 0.273 e. The summed E-state index contributed by atoms with van der Waals surface area (Å²) >= 11 is 0. The number of aliphatic hydroxyl groups is 1. The first-order valence-electron chi connectivity index (χ1n) is 5.61. The zero-order valence-corrected chi connectivity index (χ0v) is 10.4. The highest BCUT2D eigenvalue weighted by molar-refractivity contribution is 5.63. The number of nitrogens with one attached hydrogen (secondary N) is 2. The molecule has 0 aliphatic carbocycles. The van der Waals surface area contributed by atoms with Crippen LogP contribution in [-0.4, -0.2) is 22.7 Å². The number of hydrogen-bond donors (Lipinski definition) is 4. The molecule has 0 aliphatic heterocycles. The fourth-order valence-electron chi connectivity index (χ4n) is 1.52. The van der Waals surface area contributed by atoms with Crippen molar-refractivity contribution >= 4 is 17.1 Å². The van der Waals surface area contributed by atoms with Crippen LogP contribution in [0.25, 0.3) is 0 Å². The van der Waals surface area contributed by atoms with Crippen LogP contribution in [0.15, 0.2) is 18.2 Å². The van der Waals surface area contributed by atoms with Gasteiger partial charge in [-0.05, 0) is 12.0 Å².